The first-order valence-corrected chi connectivity index (χ1v) is 15.9. The van der Waals surface area contributed by atoms with Crippen molar-refractivity contribution in [2.45, 2.75) is 83.6 Å². The number of esters is 1. The van der Waals surface area contributed by atoms with Gasteiger partial charge in [-0.15, -0.1) is 13.2 Å². The van der Waals surface area contributed by atoms with E-state index in [0.29, 0.717) is 24.9 Å². The van der Waals surface area contributed by atoms with E-state index in [1.807, 2.05) is 44.2 Å². The lowest BCUT2D eigenvalue weighted by atomic mass is 9.70. The number of carbonyl (C=O) groups excluding carboxylic acids is 3. The second-order valence-electron chi connectivity index (χ2n) is 12.2. The molecule has 0 aliphatic carbocycles. The number of unbranched alkanes of at least 4 members (excludes halogenated alkanes) is 2. The monoisotopic (exact) mass is 595 g/mol. The van der Waals surface area contributed by atoms with Gasteiger partial charge in [-0.05, 0) is 76.1 Å². The van der Waals surface area contributed by atoms with Crippen molar-refractivity contribution < 1.29 is 29.0 Å². The first kappa shape index (κ1) is 32.7. The summed E-state index contributed by atoms with van der Waals surface area (Å²) in [6.45, 7) is 17.6. The Bertz CT molecular complexity index is 1170. The number of aliphatic hydroxyl groups is 1. The Balaban J connectivity index is 1.70. The molecule has 2 unspecified atom stereocenters. The molecule has 0 aromatic heterocycles. The molecule has 1 spiro atoms. The quantitative estimate of drug-likeness (QED) is 0.172. The van der Waals surface area contributed by atoms with E-state index in [0.717, 1.165) is 31.6 Å². The van der Waals surface area contributed by atoms with E-state index in [2.05, 4.69) is 31.9 Å². The molecular formula is C34H49N3O6. The van der Waals surface area contributed by atoms with Crippen molar-refractivity contribution in [2.75, 3.05) is 42.6 Å². The average Bonchev–Trinajstić information content (AvgIpc) is 3.64. The topological polar surface area (TPSA) is 99.6 Å². The number of allylic oxidation sites excluding steroid dienone is 1. The lowest BCUT2D eigenvalue weighted by molar-refractivity contribution is -0.156. The molecule has 6 atom stereocenters. The van der Waals surface area contributed by atoms with Gasteiger partial charge >= 0.3 is 5.97 Å². The number of benzene rings is 1. The molecule has 4 rings (SSSR count). The SMILES string of the molecule is C=CCCCCOC(=O)[C@@H]1[C@@H]2CCC3(O2)C(C(=O)N(CC=C)c2ccc(N(CC)CC)cc2)N([C@@H](CO)C(C)C)C(=O)[C@H]13. The van der Waals surface area contributed by atoms with Crippen LogP contribution in [0.15, 0.2) is 49.6 Å². The highest BCUT2D eigenvalue weighted by molar-refractivity contribution is 6.05. The van der Waals surface area contributed by atoms with Crippen LogP contribution in [0, 0.1) is 17.8 Å². The van der Waals surface area contributed by atoms with Gasteiger partial charge in [-0.3, -0.25) is 14.4 Å². The summed E-state index contributed by atoms with van der Waals surface area (Å²) in [6.07, 6.45) is 6.45. The smallest absolute Gasteiger partial charge is 0.312 e. The van der Waals surface area contributed by atoms with Gasteiger partial charge in [0.2, 0.25) is 5.91 Å². The lowest BCUT2D eigenvalue weighted by Crippen LogP contribution is -2.59. The van der Waals surface area contributed by atoms with Crippen LogP contribution in [0.1, 0.15) is 59.8 Å². The van der Waals surface area contributed by atoms with Gasteiger partial charge in [0, 0.05) is 31.0 Å². The van der Waals surface area contributed by atoms with Gasteiger partial charge in [0.25, 0.3) is 5.91 Å². The van der Waals surface area contributed by atoms with Gasteiger partial charge in [0.15, 0.2) is 0 Å². The van der Waals surface area contributed by atoms with E-state index in [9.17, 15) is 19.5 Å². The molecule has 1 aromatic carbocycles. The Morgan fingerprint density at radius 1 is 1.14 bits per heavy atom. The molecule has 3 saturated heterocycles. The molecule has 1 aromatic rings. The van der Waals surface area contributed by atoms with Crippen LogP contribution in [-0.2, 0) is 23.9 Å². The highest BCUT2D eigenvalue weighted by Gasteiger charge is 2.75. The summed E-state index contributed by atoms with van der Waals surface area (Å²) >= 11 is 0. The van der Waals surface area contributed by atoms with Crippen molar-refractivity contribution in [3.05, 3.63) is 49.6 Å². The van der Waals surface area contributed by atoms with Gasteiger partial charge in [-0.1, -0.05) is 26.0 Å². The Morgan fingerprint density at radius 3 is 2.40 bits per heavy atom. The van der Waals surface area contributed by atoms with Crippen molar-refractivity contribution in [3.8, 4) is 0 Å². The number of likely N-dealkylation sites (tertiary alicyclic amines) is 1. The number of fused-ring (bicyclic) bond motifs is 1. The Morgan fingerprint density at radius 2 is 1.81 bits per heavy atom. The largest absolute Gasteiger partial charge is 0.465 e. The minimum absolute atomic E-state index is 0.131. The first-order valence-electron chi connectivity index (χ1n) is 15.9. The van der Waals surface area contributed by atoms with E-state index in [4.69, 9.17) is 9.47 Å². The number of rotatable bonds is 16. The maximum Gasteiger partial charge on any atom is 0.312 e. The molecule has 0 radical (unpaired) electrons. The number of aliphatic hydroxyl groups excluding tert-OH is 1. The molecule has 9 heteroatoms. The molecule has 9 nitrogen and oxygen atoms in total. The molecule has 3 heterocycles. The highest BCUT2D eigenvalue weighted by Crippen LogP contribution is 2.59. The van der Waals surface area contributed by atoms with E-state index >= 15 is 0 Å². The Kier molecular flexibility index (Phi) is 10.7. The van der Waals surface area contributed by atoms with Crippen LogP contribution in [0.25, 0.3) is 0 Å². The molecular weight excluding hydrogens is 546 g/mol. The zero-order valence-corrected chi connectivity index (χ0v) is 26.2. The number of carbonyl (C=O) groups is 3. The summed E-state index contributed by atoms with van der Waals surface area (Å²) in [4.78, 5) is 47.9. The average molecular weight is 596 g/mol. The predicted octanol–water partition coefficient (Wildman–Crippen LogP) is 4.34. The van der Waals surface area contributed by atoms with Crippen molar-refractivity contribution in [1.82, 2.24) is 4.90 Å². The first-order chi connectivity index (χ1) is 20.7. The van der Waals surface area contributed by atoms with Crippen LogP contribution in [-0.4, -0.2) is 84.4 Å². The number of nitrogens with zero attached hydrogens (tertiary/aromatic N) is 3. The second-order valence-corrected chi connectivity index (χ2v) is 12.2. The number of hydrogen-bond donors (Lipinski definition) is 1. The minimum Gasteiger partial charge on any atom is -0.465 e. The van der Waals surface area contributed by atoms with E-state index in [-0.39, 0.29) is 37.5 Å². The molecule has 2 bridgehead atoms. The molecule has 3 aliphatic rings. The van der Waals surface area contributed by atoms with Crippen molar-refractivity contribution >= 4 is 29.2 Å². The molecule has 2 amide bonds. The zero-order chi connectivity index (χ0) is 31.3. The molecule has 43 heavy (non-hydrogen) atoms. The molecule has 3 fully saturated rings. The normalized spacial score (nSPS) is 26.4. The van der Waals surface area contributed by atoms with Crippen LogP contribution in [0.5, 0.6) is 0 Å². The van der Waals surface area contributed by atoms with Gasteiger partial charge in [-0.25, -0.2) is 0 Å². The fraction of sp³-hybridized carbons (Fsp3) is 0.618. The summed E-state index contributed by atoms with van der Waals surface area (Å²) in [5.74, 6) is -2.83. The van der Waals surface area contributed by atoms with Gasteiger partial charge in [-0.2, -0.15) is 0 Å². The van der Waals surface area contributed by atoms with Crippen molar-refractivity contribution in [1.29, 1.82) is 0 Å². The molecule has 0 saturated carbocycles. The van der Waals surface area contributed by atoms with Gasteiger partial charge in [0.05, 0.1) is 37.2 Å². The van der Waals surface area contributed by atoms with Crippen LogP contribution < -0.4 is 9.80 Å². The third kappa shape index (κ3) is 5.98. The van der Waals surface area contributed by atoms with Crippen molar-refractivity contribution in [2.24, 2.45) is 17.8 Å². The lowest BCUT2D eigenvalue weighted by Gasteiger charge is -2.40. The summed E-state index contributed by atoms with van der Waals surface area (Å²) in [5, 5.41) is 10.5. The standard InChI is InChI=1S/C34H49N3O6/c1-7-11-12-13-21-42-33(41)28-27-18-19-34(43-27)29(28)31(39)37(26(22-38)23(5)6)30(34)32(40)36(20-8-2)25-16-14-24(15-17-25)35(9-3)10-4/h7-8,14-17,23,26-30,38H,1-2,9-13,18-22H2,3-6H3/t26-,27-,28+,29-,30?,34?/m0/s1. The van der Waals surface area contributed by atoms with Crippen LogP contribution in [0.3, 0.4) is 0 Å². The maximum absolute atomic E-state index is 14.7. The summed E-state index contributed by atoms with van der Waals surface area (Å²) in [6, 6.07) is 6.20. The summed E-state index contributed by atoms with van der Waals surface area (Å²) in [5.41, 5.74) is 0.565. The Labute approximate surface area is 256 Å². The van der Waals surface area contributed by atoms with Crippen LogP contribution in [0.4, 0.5) is 11.4 Å². The van der Waals surface area contributed by atoms with Crippen LogP contribution >= 0.6 is 0 Å². The predicted molar refractivity (Wildman–Crippen MR) is 168 cm³/mol. The second kappa shape index (κ2) is 14.1. The minimum atomic E-state index is -1.17. The third-order valence-electron chi connectivity index (χ3n) is 9.47. The van der Waals surface area contributed by atoms with Crippen molar-refractivity contribution in [3.63, 3.8) is 0 Å². The number of ether oxygens (including phenoxy) is 2. The summed E-state index contributed by atoms with van der Waals surface area (Å²) in [7, 11) is 0. The van der Waals surface area contributed by atoms with E-state index in [1.165, 1.54) is 4.90 Å². The summed E-state index contributed by atoms with van der Waals surface area (Å²) < 4.78 is 12.2. The third-order valence-corrected chi connectivity index (χ3v) is 9.47. The van der Waals surface area contributed by atoms with E-state index < -0.39 is 41.6 Å². The number of anilines is 2. The fourth-order valence-electron chi connectivity index (χ4n) is 7.31. The molecule has 236 valence electrons. The van der Waals surface area contributed by atoms with Gasteiger partial charge < -0.3 is 29.3 Å². The molecule has 1 N–H and O–H groups in total. The Hall–Kier alpha value is -3.17. The fourth-order valence-corrected chi connectivity index (χ4v) is 7.31. The van der Waals surface area contributed by atoms with Gasteiger partial charge in [0.1, 0.15) is 11.6 Å². The van der Waals surface area contributed by atoms with E-state index in [1.54, 1.807) is 11.0 Å². The number of hydrogen-bond acceptors (Lipinski definition) is 7. The highest BCUT2D eigenvalue weighted by atomic mass is 16.6. The molecule has 3 aliphatic heterocycles. The maximum atomic E-state index is 14.7. The zero-order valence-electron chi connectivity index (χ0n) is 26.2. The van der Waals surface area contributed by atoms with Crippen LogP contribution in [0.2, 0.25) is 0 Å². The number of amides is 2.